The molecule has 1 fully saturated rings. The van der Waals surface area contributed by atoms with Crippen molar-refractivity contribution in [2.45, 2.75) is 18.9 Å². The summed E-state index contributed by atoms with van der Waals surface area (Å²) in [4.78, 5) is 17.3. The molecular formula is C21H22FN7O. The normalized spacial score (nSPS) is 19.8. The van der Waals surface area contributed by atoms with Gasteiger partial charge >= 0.3 is 0 Å². The van der Waals surface area contributed by atoms with E-state index in [0.717, 1.165) is 31.6 Å². The third kappa shape index (κ3) is 3.53. The molecule has 9 heteroatoms. The zero-order valence-electron chi connectivity index (χ0n) is 16.3. The van der Waals surface area contributed by atoms with E-state index < -0.39 is 0 Å². The van der Waals surface area contributed by atoms with Crippen molar-refractivity contribution in [2.75, 3.05) is 18.1 Å². The van der Waals surface area contributed by atoms with Gasteiger partial charge in [-0.25, -0.2) is 19.3 Å². The molecule has 8 nitrogen and oxygen atoms in total. The molecule has 1 aromatic carbocycles. The number of halogens is 1. The molecule has 154 valence electrons. The molecule has 1 saturated heterocycles. The summed E-state index contributed by atoms with van der Waals surface area (Å²) in [5.74, 6) is 0.460. The molecule has 0 bridgehead atoms. The van der Waals surface area contributed by atoms with Crippen molar-refractivity contribution in [1.82, 2.24) is 30.7 Å². The van der Waals surface area contributed by atoms with Gasteiger partial charge < -0.3 is 10.6 Å². The van der Waals surface area contributed by atoms with Gasteiger partial charge in [-0.3, -0.25) is 9.80 Å². The van der Waals surface area contributed by atoms with Crippen molar-refractivity contribution < 1.29 is 9.18 Å². The number of rotatable bonds is 4. The zero-order valence-corrected chi connectivity index (χ0v) is 16.3. The fourth-order valence-corrected chi connectivity index (χ4v) is 4.02. The van der Waals surface area contributed by atoms with E-state index in [0.29, 0.717) is 22.9 Å². The number of carbonyl (C=O) groups is 1. The van der Waals surface area contributed by atoms with Crippen LogP contribution in [-0.4, -0.2) is 39.6 Å². The molecule has 2 aliphatic heterocycles. The van der Waals surface area contributed by atoms with Crippen LogP contribution in [0.1, 0.15) is 23.2 Å². The molecule has 2 aromatic heterocycles. The van der Waals surface area contributed by atoms with Crippen LogP contribution in [0.2, 0.25) is 0 Å². The minimum atomic E-state index is -0.306. The summed E-state index contributed by atoms with van der Waals surface area (Å²) in [7, 11) is 0. The van der Waals surface area contributed by atoms with Crippen molar-refractivity contribution in [3.8, 4) is 0 Å². The fourth-order valence-electron chi connectivity index (χ4n) is 4.02. The molecule has 3 aromatic rings. The number of piperidine rings is 1. The lowest BCUT2D eigenvalue weighted by molar-refractivity contribution is 0.0966. The molecule has 3 N–H and O–H groups in total. The maximum absolute atomic E-state index is 13.4. The number of hydrazine groups is 1. The van der Waals surface area contributed by atoms with Gasteiger partial charge in [0, 0.05) is 12.4 Å². The van der Waals surface area contributed by atoms with E-state index in [-0.39, 0.29) is 17.8 Å². The second-order valence-corrected chi connectivity index (χ2v) is 7.51. The van der Waals surface area contributed by atoms with Gasteiger partial charge in [0.15, 0.2) is 5.65 Å². The highest BCUT2D eigenvalue weighted by molar-refractivity contribution is 6.00. The first kappa shape index (κ1) is 18.7. The van der Waals surface area contributed by atoms with Gasteiger partial charge in [-0.05, 0) is 68.3 Å². The molecule has 1 atom stereocenters. The Morgan fingerprint density at radius 1 is 1.20 bits per heavy atom. The van der Waals surface area contributed by atoms with Crippen molar-refractivity contribution >= 4 is 17.2 Å². The number of nitrogens with zero attached hydrogens (tertiary/aromatic N) is 4. The average Bonchev–Trinajstić information content (AvgIpc) is 3.39. The maximum atomic E-state index is 13.4. The first-order valence-electron chi connectivity index (χ1n) is 10.0. The molecule has 1 unspecified atom stereocenters. The molecule has 0 spiro atoms. The first-order valence-corrected chi connectivity index (χ1v) is 10.0. The lowest BCUT2D eigenvalue weighted by atomic mass is 9.91. The second kappa shape index (κ2) is 7.85. The van der Waals surface area contributed by atoms with Crippen molar-refractivity contribution in [3.63, 3.8) is 0 Å². The monoisotopic (exact) mass is 407 g/mol. The summed E-state index contributed by atoms with van der Waals surface area (Å²) in [6, 6.07) is 8.01. The maximum Gasteiger partial charge on any atom is 0.262 e. The van der Waals surface area contributed by atoms with Gasteiger partial charge in [0.05, 0.1) is 17.9 Å². The Morgan fingerprint density at radius 2 is 2.00 bits per heavy atom. The van der Waals surface area contributed by atoms with Gasteiger partial charge in [0.2, 0.25) is 0 Å². The summed E-state index contributed by atoms with van der Waals surface area (Å²) < 4.78 is 15.0. The number of hydrogen-bond acceptors (Lipinski definition) is 6. The first-order chi connectivity index (χ1) is 14.7. The van der Waals surface area contributed by atoms with E-state index in [1.165, 1.54) is 18.3 Å². The Hall–Kier alpha value is -3.30. The van der Waals surface area contributed by atoms with E-state index in [2.05, 4.69) is 26.1 Å². The van der Waals surface area contributed by atoms with E-state index >= 15 is 0 Å². The minimum absolute atomic E-state index is 0.0782. The number of nitrogens with one attached hydrogen (secondary N) is 3. The highest BCUT2D eigenvalue weighted by atomic mass is 19.1. The number of aromatic nitrogens is 3. The Labute approximate surface area is 172 Å². The highest BCUT2D eigenvalue weighted by Crippen LogP contribution is 2.27. The topological polar surface area (TPSA) is 86.6 Å². The van der Waals surface area contributed by atoms with E-state index in [9.17, 15) is 9.18 Å². The summed E-state index contributed by atoms with van der Waals surface area (Å²) in [5, 5.41) is 12.4. The van der Waals surface area contributed by atoms with Crippen molar-refractivity contribution in [3.05, 3.63) is 72.2 Å². The molecular weight excluding hydrogens is 385 g/mol. The van der Waals surface area contributed by atoms with E-state index in [1.807, 2.05) is 11.1 Å². The van der Waals surface area contributed by atoms with Crippen molar-refractivity contribution in [1.29, 1.82) is 0 Å². The molecule has 5 rings (SSSR count). The summed E-state index contributed by atoms with van der Waals surface area (Å²) in [6.07, 6.45) is 9.01. The Balaban J connectivity index is 1.43. The predicted molar refractivity (Wildman–Crippen MR) is 110 cm³/mol. The third-order valence-corrected chi connectivity index (χ3v) is 5.60. The Morgan fingerprint density at radius 3 is 2.80 bits per heavy atom. The van der Waals surface area contributed by atoms with E-state index in [4.69, 9.17) is 0 Å². The van der Waals surface area contributed by atoms with Gasteiger partial charge in [0.1, 0.15) is 17.2 Å². The smallest absolute Gasteiger partial charge is 0.262 e. The van der Waals surface area contributed by atoms with Crippen LogP contribution in [0.5, 0.6) is 0 Å². The average molecular weight is 407 g/mol. The number of amides is 1. The molecule has 1 amide bonds. The molecule has 4 heterocycles. The SMILES string of the molecule is O=C(NC1=CC(C2CCNCC2)NN1c1ccc(F)cc1)c1cnn2cccnc12. The van der Waals surface area contributed by atoms with Crippen LogP contribution in [-0.2, 0) is 0 Å². The predicted octanol–water partition coefficient (Wildman–Crippen LogP) is 1.83. The van der Waals surface area contributed by atoms with Crippen LogP contribution in [0.3, 0.4) is 0 Å². The van der Waals surface area contributed by atoms with Crippen LogP contribution < -0.4 is 21.1 Å². The number of benzene rings is 1. The second-order valence-electron chi connectivity index (χ2n) is 7.51. The highest BCUT2D eigenvalue weighted by Gasteiger charge is 2.32. The largest absolute Gasteiger partial charge is 0.317 e. The molecule has 30 heavy (non-hydrogen) atoms. The summed E-state index contributed by atoms with van der Waals surface area (Å²) >= 11 is 0. The van der Waals surface area contributed by atoms with Crippen LogP contribution in [0.15, 0.2) is 60.8 Å². The standard InChI is InChI=1S/C21H22FN7O/c22-15-2-4-16(5-3-15)29-19(12-18(27-29)14-6-9-23-10-7-14)26-21(30)17-13-25-28-11-1-8-24-20(17)28/h1-5,8,11-14,18,23,27H,6-7,9-10H2,(H,26,30). The molecule has 0 aliphatic carbocycles. The molecule has 2 aliphatic rings. The Bertz CT molecular complexity index is 1090. The lowest BCUT2D eigenvalue weighted by Gasteiger charge is -2.29. The summed E-state index contributed by atoms with van der Waals surface area (Å²) in [5.41, 5.74) is 5.10. The zero-order chi connectivity index (χ0) is 20.5. The van der Waals surface area contributed by atoms with Crippen LogP contribution >= 0.6 is 0 Å². The Kier molecular flexibility index (Phi) is 4.89. The van der Waals surface area contributed by atoms with Gasteiger partial charge in [-0.2, -0.15) is 5.10 Å². The van der Waals surface area contributed by atoms with Crippen LogP contribution in [0.4, 0.5) is 10.1 Å². The molecule has 0 saturated carbocycles. The van der Waals surface area contributed by atoms with Crippen molar-refractivity contribution in [2.24, 2.45) is 5.92 Å². The van der Waals surface area contributed by atoms with Crippen LogP contribution in [0, 0.1) is 11.7 Å². The number of hydrogen-bond donors (Lipinski definition) is 3. The number of carbonyl (C=O) groups excluding carboxylic acids is 1. The summed E-state index contributed by atoms with van der Waals surface area (Å²) in [6.45, 7) is 1.95. The number of fused-ring (bicyclic) bond motifs is 1. The minimum Gasteiger partial charge on any atom is -0.317 e. The molecule has 0 radical (unpaired) electrons. The van der Waals surface area contributed by atoms with Crippen LogP contribution in [0.25, 0.3) is 5.65 Å². The third-order valence-electron chi connectivity index (χ3n) is 5.60. The fraction of sp³-hybridized carbons (Fsp3) is 0.286. The van der Waals surface area contributed by atoms with Gasteiger partial charge in [0.25, 0.3) is 5.91 Å². The lowest BCUT2D eigenvalue weighted by Crippen LogP contribution is -2.45. The van der Waals surface area contributed by atoms with Gasteiger partial charge in [-0.1, -0.05) is 0 Å². The number of anilines is 1. The van der Waals surface area contributed by atoms with Gasteiger partial charge in [-0.15, -0.1) is 0 Å². The quantitative estimate of drug-likeness (QED) is 0.612. The van der Waals surface area contributed by atoms with E-state index in [1.54, 1.807) is 35.1 Å².